The predicted octanol–water partition coefficient (Wildman–Crippen LogP) is 1.22. The van der Waals surface area contributed by atoms with E-state index in [9.17, 15) is 18.5 Å². The van der Waals surface area contributed by atoms with Crippen molar-refractivity contribution in [1.82, 2.24) is 4.31 Å². The zero-order valence-corrected chi connectivity index (χ0v) is 12.2. The minimum Gasteiger partial charge on any atom is -0.361 e. The molecule has 1 saturated heterocycles. The summed E-state index contributed by atoms with van der Waals surface area (Å²) in [4.78, 5) is 9.95. The lowest BCUT2D eigenvalue weighted by Crippen LogP contribution is -2.44. The Morgan fingerprint density at radius 3 is 2.90 bits per heavy atom. The fourth-order valence-corrected chi connectivity index (χ4v) is 4.88. The number of nitro groups is 1. The fourth-order valence-electron chi connectivity index (χ4n) is 1.64. The topological polar surface area (TPSA) is 114 Å². The summed E-state index contributed by atoms with van der Waals surface area (Å²) in [6.07, 6.45) is -0.844. The highest BCUT2D eigenvalue weighted by Crippen LogP contribution is 2.37. The minimum atomic E-state index is -3.91. The second-order valence-corrected chi connectivity index (χ2v) is 7.65. The summed E-state index contributed by atoms with van der Waals surface area (Å²) >= 11 is 6.28. The minimum absolute atomic E-state index is 0.0871. The Bertz CT molecular complexity index is 680. The number of rotatable bonds is 3. The second kappa shape index (κ2) is 5.63. The highest BCUT2D eigenvalue weighted by Gasteiger charge is 2.34. The molecule has 0 spiro atoms. The van der Waals surface area contributed by atoms with E-state index in [0.717, 1.165) is 10.4 Å². The molecule has 1 unspecified atom stereocenters. The van der Waals surface area contributed by atoms with E-state index in [1.54, 1.807) is 0 Å². The van der Waals surface area contributed by atoms with Crippen molar-refractivity contribution < 1.29 is 18.1 Å². The Morgan fingerprint density at radius 1 is 1.65 bits per heavy atom. The summed E-state index contributed by atoms with van der Waals surface area (Å²) in [5.74, 6) is 0. The summed E-state index contributed by atoms with van der Waals surface area (Å²) in [6, 6.07) is 2.76. The van der Waals surface area contributed by atoms with Crippen molar-refractivity contribution in [2.24, 2.45) is 0 Å². The van der Waals surface area contributed by atoms with Crippen LogP contribution in [0.2, 0.25) is 4.34 Å². The molecule has 108 valence electrons. The standard InChI is InChI=1S/C9H8ClN3O5S2/c10-9-7(13(14)15)3-8(19-9)20(16,17)12-1-2-18-6(4-11)5-12/h3,6H,1-2,5H2. The molecule has 1 aliphatic rings. The Kier molecular flexibility index (Phi) is 4.26. The molecule has 11 heteroatoms. The van der Waals surface area contributed by atoms with Gasteiger partial charge in [0.1, 0.15) is 4.21 Å². The summed E-state index contributed by atoms with van der Waals surface area (Å²) in [5, 5.41) is 19.5. The Balaban J connectivity index is 2.33. The molecular weight excluding hydrogens is 330 g/mol. The lowest BCUT2D eigenvalue weighted by atomic mass is 10.3. The van der Waals surface area contributed by atoms with Crippen molar-refractivity contribution in [2.45, 2.75) is 10.3 Å². The van der Waals surface area contributed by atoms with Crippen LogP contribution in [0.25, 0.3) is 0 Å². The number of morpholine rings is 1. The number of hydrogen-bond acceptors (Lipinski definition) is 7. The molecule has 1 aliphatic heterocycles. The second-order valence-electron chi connectivity index (χ2n) is 3.83. The van der Waals surface area contributed by atoms with Crippen molar-refractivity contribution in [3.8, 4) is 6.07 Å². The van der Waals surface area contributed by atoms with Crippen LogP contribution < -0.4 is 0 Å². The van der Waals surface area contributed by atoms with E-state index in [4.69, 9.17) is 21.6 Å². The largest absolute Gasteiger partial charge is 0.361 e. The van der Waals surface area contributed by atoms with E-state index in [1.165, 1.54) is 0 Å². The molecule has 2 heterocycles. The Labute approximate surface area is 123 Å². The lowest BCUT2D eigenvalue weighted by molar-refractivity contribution is -0.384. The first-order chi connectivity index (χ1) is 9.36. The van der Waals surface area contributed by atoms with Crippen molar-refractivity contribution in [3.63, 3.8) is 0 Å². The first kappa shape index (κ1) is 15.1. The number of nitrogens with zero attached hydrogens (tertiary/aromatic N) is 3. The summed E-state index contributed by atoms with van der Waals surface area (Å²) < 4.78 is 30.4. The maximum atomic E-state index is 12.3. The van der Waals surface area contributed by atoms with Gasteiger partial charge in [0.05, 0.1) is 24.1 Å². The summed E-state index contributed by atoms with van der Waals surface area (Å²) in [6.45, 7) is 0.0740. The third kappa shape index (κ3) is 2.77. The molecule has 1 aromatic rings. The molecule has 1 aromatic heterocycles. The molecular formula is C9H8ClN3O5S2. The van der Waals surface area contributed by atoms with Gasteiger partial charge in [-0.1, -0.05) is 11.6 Å². The molecule has 0 bridgehead atoms. The van der Waals surface area contributed by atoms with E-state index >= 15 is 0 Å². The lowest BCUT2D eigenvalue weighted by Gasteiger charge is -2.28. The van der Waals surface area contributed by atoms with Gasteiger partial charge in [0.15, 0.2) is 10.4 Å². The fraction of sp³-hybridized carbons (Fsp3) is 0.444. The number of sulfonamides is 1. The van der Waals surface area contributed by atoms with E-state index in [-0.39, 0.29) is 28.2 Å². The van der Waals surface area contributed by atoms with Crippen LogP contribution in [-0.4, -0.2) is 43.4 Å². The van der Waals surface area contributed by atoms with Crippen molar-refractivity contribution in [3.05, 3.63) is 20.5 Å². The molecule has 0 amide bonds. The molecule has 8 nitrogen and oxygen atoms in total. The van der Waals surface area contributed by atoms with Gasteiger partial charge in [-0.15, -0.1) is 11.3 Å². The van der Waals surface area contributed by atoms with Crippen LogP contribution in [0.3, 0.4) is 0 Å². The van der Waals surface area contributed by atoms with Crippen molar-refractivity contribution >= 4 is 38.6 Å². The first-order valence-electron chi connectivity index (χ1n) is 5.31. The van der Waals surface area contributed by atoms with E-state index in [1.807, 2.05) is 6.07 Å². The van der Waals surface area contributed by atoms with Gasteiger partial charge in [-0.05, 0) is 0 Å². The van der Waals surface area contributed by atoms with E-state index < -0.39 is 26.7 Å². The first-order valence-corrected chi connectivity index (χ1v) is 7.95. The molecule has 20 heavy (non-hydrogen) atoms. The maximum Gasteiger partial charge on any atom is 0.300 e. The molecule has 0 aliphatic carbocycles. The molecule has 0 saturated carbocycles. The van der Waals surface area contributed by atoms with Crippen LogP contribution in [0.4, 0.5) is 5.69 Å². The molecule has 2 rings (SSSR count). The van der Waals surface area contributed by atoms with Gasteiger partial charge in [-0.25, -0.2) is 8.42 Å². The highest BCUT2D eigenvalue weighted by molar-refractivity contribution is 7.91. The van der Waals surface area contributed by atoms with Gasteiger partial charge >= 0.3 is 0 Å². The Hall–Kier alpha value is -1.25. The van der Waals surface area contributed by atoms with E-state index in [2.05, 4.69) is 0 Å². The Morgan fingerprint density at radius 2 is 2.35 bits per heavy atom. The molecule has 1 atom stereocenters. The number of halogens is 1. The van der Waals surface area contributed by atoms with Crippen molar-refractivity contribution in [2.75, 3.05) is 19.7 Å². The average molecular weight is 338 g/mol. The van der Waals surface area contributed by atoms with Gasteiger partial charge in [-0.3, -0.25) is 10.1 Å². The van der Waals surface area contributed by atoms with Crippen molar-refractivity contribution in [1.29, 1.82) is 5.26 Å². The highest BCUT2D eigenvalue weighted by atomic mass is 35.5. The summed E-state index contributed by atoms with van der Waals surface area (Å²) in [5.41, 5.74) is -0.444. The van der Waals surface area contributed by atoms with Gasteiger partial charge < -0.3 is 4.74 Å². The predicted molar refractivity (Wildman–Crippen MR) is 70.1 cm³/mol. The summed E-state index contributed by atoms with van der Waals surface area (Å²) in [7, 11) is -3.91. The number of ether oxygens (including phenoxy) is 1. The third-order valence-electron chi connectivity index (χ3n) is 2.61. The van der Waals surface area contributed by atoms with Crippen LogP contribution in [-0.2, 0) is 14.8 Å². The molecule has 0 radical (unpaired) electrons. The molecule has 0 aromatic carbocycles. The van der Waals surface area contributed by atoms with Crippen LogP contribution in [0.1, 0.15) is 0 Å². The molecule has 1 fully saturated rings. The molecule has 0 N–H and O–H groups in total. The zero-order valence-electron chi connectivity index (χ0n) is 9.85. The van der Waals surface area contributed by atoms with Crippen LogP contribution in [0.15, 0.2) is 10.3 Å². The maximum absolute atomic E-state index is 12.3. The van der Waals surface area contributed by atoms with Crippen LogP contribution in [0.5, 0.6) is 0 Å². The SMILES string of the molecule is N#CC1CN(S(=O)(=O)c2cc([N+](=O)[O-])c(Cl)s2)CCO1. The van der Waals surface area contributed by atoms with Gasteiger partial charge in [0.25, 0.3) is 15.7 Å². The van der Waals surface area contributed by atoms with Crippen LogP contribution >= 0.6 is 22.9 Å². The number of thiophene rings is 1. The van der Waals surface area contributed by atoms with Gasteiger partial charge in [0, 0.05) is 12.6 Å². The van der Waals surface area contributed by atoms with E-state index in [0.29, 0.717) is 11.3 Å². The average Bonchev–Trinajstić information content (AvgIpc) is 2.82. The third-order valence-corrected chi connectivity index (χ3v) is 6.26. The number of nitriles is 1. The smallest absolute Gasteiger partial charge is 0.300 e. The zero-order chi connectivity index (χ0) is 14.9. The van der Waals surface area contributed by atoms with Crippen LogP contribution in [0, 0.1) is 21.4 Å². The monoisotopic (exact) mass is 337 g/mol. The number of hydrogen-bond donors (Lipinski definition) is 0. The van der Waals surface area contributed by atoms with Gasteiger partial charge in [0.2, 0.25) is 0 Å². The quantitative estimate of drug-likeness (QED) is 0.605. The van der Waals surface area contributed by atoms with Gasteiger partial charge in [-0.2, -0.15) is 9.57 Å². The normalized spacial score (nSPS) is 20.5.